The third kappa shape index (κ3) is 4.72. The van der Waals surface area contributed by atoms with E-state index in [1.807, 2.05) is 0 Å². The molecule has 0 spiro atoms. The summed E-state index contributed by atoms with van der Waals surface area (Å²) < 4.78 is 11.7. The topological polar surface area (TPSA) is 56.3 Å². The molecule has 1 N–H and O–H groups in total. The number of nitrogens with zero attached hydrogens (tertiary/aromatic N) is 2. The third-order valence-corrected chi connectivity index (χ3v) is 3.34. The van der Waals surface area contributed by atoms with Crippen LogP contribution in [0.3, 0.4) is 0 Å². The number of rotatable bonds is 6. The van der Waals surface area contributed by atoms with Gasteiger partial charge in [-0.25, -0.2) is 4.98 Å². The van der Waals surface area contributed by atoms with Crippen LogP contribution in [0.4, 0.5) is 0 Å². The van der Waals surface area contributed by atoms with Crippen molar-refractivity contribution >= 4 is 0 Å². The van der Waals surface area contributed by atoms with Gasteiger partial charge in [0.15, 0.2) is 0 Å². The van der Waals surface area contributed by atoms with Crippen LogP contribution in [0, 0.1) is 0 Å². The lowest BCUT2D eigenvalue weighted by molar-refractivity contribution is -0.0730. The minimum atomic E-state index is 0.168. The average molecular weight is 279 g/mol. The molecule has 2 atom stereocenters. The molecular weight excluding hydrogens is 254 g/mol. The second-order valence-electron chi connectivity index (χ2n) is 5.49. The molecule has 20 heavy (non-hydrogen) atoms. The Bertz CT molecular complexity index is 404. The molecular formula is C15H25N3O2. The molecule has 0 bridgehead atoms. The van der Waals surface area contributed by atoms with Gasteiger partial charge in [0.05, 0.1) is 24.1 Å². The Morgan fingerprint density at radius 1 is 1.30 bits per heavy atom. The van der Waals surface area contributed by atoms with Crippen LogP contribution in [-0.4, -0.2) is 34.8 Å². The second-order valence-corrected chi connectivity index (χ2v) is 5.49. The highest BCUT2D eigenvalue weighted by atomic mass is 16.5. The van der Waals surface area contributed by atoms with Crippen LogP contribution in [0.15, 0.2) is 12.4 Å². The van der Waals surface area contributed by atoms with E-state index in [9.17, 15) is 0 Å². The van der Waals surface area contributed by atoms with Crippen molar-refractivity contribution < 1.29 is 9.47 Å². The van der Waals surface area contributed by atoms with Gasteiger partial charge in [0.2, 0.25) is 5.88 Å². The summed E-state index contributed by atoms with van der Waals surface area (Å²) in [6.07, 6.45) is 7.05. The van der Waals surface area contributed by atoms with Gasteiger partial charge < -0.3 is 14.8 Å². The Balaban J connectivity index is 1.90. The molecule has 1 aliphatic rings. The van der Waals surface area contributed by atoms with Gasteiger partial charge in [0.25, 0.3) is 0 Å². The highest BCUT2D eigenvalue weighted by Crippen LogP contribution is 2.22. The Morgan fingerprint density at radius 3 is 2.75 bits per heavy atom. The molecule has 5 heteroatoms. The summed E-state index contributed by atoms with van der Waals surface area (Å²) >= 11 is 0. The Kier molecular flexibility index (Phi) is 5.73. The first-order valence-corrected chi connectivity index (χ1v) is 7.51. The van der Waals surface area contributed by atoms with E-state index in [1.54, 1.807) is 12.4 Å². The largest absolute Gasteiger partial charge is 0.473 e. The highest BCUT2D eigenvalue weighted by molar-refractivity contribution is 5.09. The third-order valence-electron chi connectivity index (χ3n) is 3.34. The quantitative estimate of drug-likeness (QED) is 0.810. The molecule has 0 aromatic carbocycles. The molecule has 1 fully saturated rings. The maximum absolute atomic E-state index is 5.96. The summed E-state index contributed by atoms with van der Waals surface area (Å²) in [6, 6.07) is 0. The van der Waals surface area contributed by atoms with Crippen molar-refractivity contribution in [2.24, 2.45) is 0 Å². The molecule has 0 amide bonds. The molecule has 2 heterocycles. The molecule has 1 aromatic heterocycles. The molecule has 1 saturated heterocycles. The predicted octanol–water partition coefficient (Wildman–Crippen LogP) is 2.31. The van der Waals surface area contributed by atoms with Crippen molar-refractivity contribution in [3.8, 4) is 5.88 Å². The fourth-order valence-corrected chi connectivity index (χ4v) is 2.53. The lowest BCUT2D eigenvalue weighted by Gasteiger charge is -2.31. The van der Waals surface area contributed by atoms with Crippen molar-refractivity contribution in [2.75, 3.05) is 6.54 Å². The molecule has 0 aliphatic carbocycles. The first kappa shape index (κ1) is 15.2. The van der Waals surface area contributed by atoms with Gasteiger partial charge in [0, 0.05) is 25.6 Å². The summed E-state index contributed by atoms with van der Waals surface area (Å²) in [7, 11) is 0. The van der Waals surface area contributed by atoms with Crippen LogP contribution in [0.2, 0.25) is 0 Å². The zero-order chi connectivity index (χ0) is 14.4. The Morgan fingerprint density at radius 2 is 2.05 bits per heavy atom. The van der Waals surface area contributed by atoms with Gasteiger partial charge in [-0.3, -0.25) is 4.98 Å². The number of ether oxygens (including phenoxy) is 2. The Labute approximate surface area is 121 Å². The number of hydrogen-bond acceptors (Lipinski definition) is 5. The highest BCUT2D eigenvalue weighted by Gasteiger charge is 2.26. The molecule has 5 nitrogen and oxygen atoms in total. The normalized spacial score (nSPS) is 26.4. The average Bonchev–Trinajstić information content (AvgIpc) is 2.38. The number of aromatic nitrogens is 2. The van der Waals surface area contributed by atoms with E-state index in [2.05, 4.69) is 36.1 Å². The van der Waals surface area contributed by atoms with E-state index < -0.39 is 0 Å². The standard InChI is InChI=1S/C15H25N3O2/c1-4-5-16-8-13-9-17-10-15(18-13)20-14-6-11(2)19-12(3)7-14/h9-12,14,16H,4-8H2,1-3H3. The molecule has 0 radical (unpaired) electrons. The minimum Gasteiger partial charge on any atom is -0.473 e. The van der Waals surface area contributed by atoms with E-state index in [0.29, 0.717) is 5.88 Å². The van der Waals surface area contributed by atoms with Crippen molar-refractivity contribution in [1.82, 2.24) is 15.3 Å². The van der Waals surface area contributed by atoms with Crippen LogP contribution in [0.25, 0.3) is 0 Å². The van der Waals surface area contributed by atoms with Gasteiger partial charge in [-0.1, -0.05) is 6.92 Å². The van der Waals surface area contributed by atoms with E-state index in [4.69, 9.17) is 9.47 Å². The van der Waals surface area contributed by atoms with Crippen LogP contribution in [0.1, 0.15) is 45.7 Å². The van der Waals surface area contributed by atoms with Gasteiger partial charge in [-0.05, 0) is 26.8 Å². The maximum Gasteiger partial charge on any atom is 0.232 e. The minimum absolute atomic E-state index is 0.168. The zero-order valence-electron chi connectivity index (χ0n) is 12.6. The van der Waals surface area contributed by atoms with Crippen LogP contribution >= 0.6 is 0 Å². The second kappa shape index (κ2) is 7.55. The summed E-state index contributed by atoms with van der Waals surface area (Å²) in [4.78, 5) is 8.71. The van der Waals surface area contributed by atoms with Gasteiger partial charge in [-0.2, -0.15) is 0 Å². The summed E-state index contributed by atoms with van der Waals surface area (Å²) in [5.41, 5.74) is 0.920. The predicted molar refractivity (Wildman–Crippen MR) is 77.7 cm³/mol. The van der Waals surface area contributed by atoms with Gasteiger partial charge in [-0.15, -0.1) is 0 Å². The first-order valence-electron chi connectivity index (χ1n) is 7.51. The first-order chi connectivity index (χ1) is 9.67. The molecule has 112 valence electrons. The van der Waals surface area contributed by atoms with E-state index >= 15 is 0 Å². The number of nitrogens with one attached hydrogen (secondary N) is 1. The monoisotopic (exact) mass is 279 g/mol. The number of hydrogen-bond donors (Lipinski definition) is 1. The molecule has 2 rings (SSSR count). The van der Waals surface area contributed by atoms with Gasteiger partial charge >= 0.3 is 0 Å². The van der Waals surface area contributed by atoms with Gasteiger partial charge in [0.1, 0.15) is 6.10 Å². The van der Waals surface area contributed by atoms with E-state index in [-0.39, 0.29) is 18.3 Å². The molecule has 2 unspecified atom stereocenters. The van der Waals surface area contributed by atoms with Crippen molar-refractivity contribution in [3.63, 3.8) is 0 Å². The molecule has 1 aromatic rings. The smallest absolute Gasteiger partial charge is 0.232 e. The van der Waals surface area contributed by atoms with Crippen LogP contribution in [-0.2, 0) is 11.3 Å². The summed E-state index contributed by atoms with van der Waals surface area (Å²) in [5.74, 6) is 0.618. The maximum atomic E-state index is 5.96. The van der Waals surface area contributed by atoms with Crippen LogP contribution in [0.5, 0.6) is 5.88 Å². The van der Waals surface area contributed by atoms with Crippen molar-refractivity contribution in [1.29, 1.82) is 0 Å². The lowest BCUT2D eigenvalue weighted by Crippen LogP contribution is -2.35. The van der Waals surface area contributed by atoms with E-state index in [0.717, 1.165) is 38.0 Å². The summed E-state index contributed by atoms with van der Waals surface area (Å²) in [6.45, 7) is 8.04. The van der Waals surface area contributed by atoms with Crippen molar-refractivity contribution in [2.45, 2.75) is 64.9 Å². The molecule has 0 saturated carbocycles. The summed E-state index contributed by atoms with van der Waals surface area (Å²) in [5, 5.41) is 3.32. The van der Waals surface area contributed by atoms with Crippen molar-refractivity contribution in [3.05, 3.63) is 18.1 Å². The molecule has 1 aliphatic heterocycles. The Hall–Kier alpha value is -1.20. The SMILES string of the molecule is CCCNCc1cncc(OC2CC(C)OC(C)C2)n1. The fraction of sp³-hybridized carbons (Fsp3) is 0.733. The van der Waals surface area contributed by atoms with Crippen LogP contribution < -0.4 is 10.1 Å². The fourth-order valence-electron chi connectivity index (χ4n) is 2.53. The lowest BCUT2D eigenvalue weighted by atomic mass is 10.0. The van der Waals surface area contributed by atoms with E-state index in [1.165, 1.54) is 0 Å². The zero-order valence-corrected chi connectivity index (χ0v) is 12.6.